The van der Waals surface area contributed by atoms with Crippen molar-refractivity contribution in [3.8, 4) is 0 Å². The van der Waals surface area contributed by atoms with Gasteiger partial charge in [-0.05, 0) is 17.5 Å². The van der Waals surface area contributed by atoms with Crippen molar-refractivity contribution in [1.82, 2.24) is 4.98 Å². The van der Waals surface area contributed by atoms with E-state index in [9.17, 15) is 4.79 Å². The standard InChI is InChI=1S/C15H19ClN4O3S/c1-8-13(7-22-10(3)21)23-15(9(2)14(8)19-20-17)24-12-4-11(16)5-18-6-12/h4-6,8-9,13-15H,7H2,1-3H3/t8-,9?,13?,14-,15+/m0/s1. The Bertz CT molecular complexity index is 641. The maximum absolute atomic E-state index is 11.1. The number of pyridine rings is 1. The summed E-state index contributed by atoms with van der Waals surface area (Å²) >= 11 is 7.44. The van der Waals surface area contributed by atoms with Gasteiger partial charge in [0, 0.05) is 41.1 Å². The van der Waals surface area contributed by atoms with Crippen molar-refractivity contribution in [3.05, 3.63) is 33.9 Å². The predicted octanol–water partition coefficient (Wildman–Crippen LogP) is 4.07. The summed E-state index contributed by atoms with van der Waals surface area (Å²) in [5.74, 6) is -0.453. The molecule has 0 spiro atoms. The zero-order valence-corrected chi connectivity index (χ0v) is 15.2. The lowest BCUT2D eigenvalue weighted by Gasteiger charge is -2.42. The summed E-state index contributed by atoms with van der Waals surface area (Å²) in [7, 11) is 0. The van der Waals surface area contributed by atoms with Crippen LogP contribution in [-0.2, 0) is 14.3 Å². The summed E-state index contributed by atoms with van der Waals surface area (Å²) in [6, 6.07) is 1.55. The molecule has 1 fully saturated rings. The molecule has 130 valence electrons. The van der Waals surface area contributed by atoms with Gasteiger partial charge in [-0.1, -0.05) is 42.3 Å². The molecule has 24 heavy (non-hydrogen) atoms. The first-order chi connectivity index (χ1) is 11.4. The minimum Gasteiger partial charge on any atom is -0.463 e. The molecular formula is C15H19ClN4O3S. The van der Waals surface area contributed by atoms with Crippen LogP contribution in [0.1, 0.15) is 20.8 Å². The number of hydrogen-bond acceptors (Lipinski definition) is 6. The van der Waals surface area contributed by atoms with E-state index >= 15 is 0 Å². The molecule has 0 amide bonds. The first kappa shape index (κ1) is 18.9. The fourth-order valence-corrected chi connectivity index (χ4v) is 4.06. The average Bonchev–Trinajstić information content (AvgIpc) is 2.53. The molecule has 1 saturated heterocycles. The van der Waals surface area contributed by atoms with Crippen LogP contribution >= 0.6 is 23.4 Å². The largest absolute Gasteiger partial charge is 0.463 e. The maximum atomic E-state index is 11.1. The van der Waals surface area contributed by atoms with E-state index in [1.54, 1.807) is 18.5 Å². The van der Waals surface area contributed by atoms with Crippen molar-refractivity contribution in [2.75, 3.05) is 6.61 Å². The molecule has 0 radical (unpaired) electrons. The number of hydrogen-bond donors (Lipinski definition) is 0. The number of ether oxygens (including phenoxy) is 2. The van der Waals surface area contributed by atoms with Crippen LogP contribution in [0.4, 0.5) is 0 Å². The number of carbonyl (C=O) groups excluding carboxylic acids is 1. The normalized spacial score (nSPS) is 29.6. The predicted molar refractivity (Wildman–Crippen MR) is 91.7 cm³/mol. The highest BCUT2D eigenvalue weighted by Crippen LogP contribution is 2.40. The third-order valence-electron chi connectivity index (χ3n) is 3.97. The lowest BCUT2D eigenvalue weighted by molar-refractivity contribution is -0.153. The molecule has 1 aliphatic rings. The average molecular weight is 371 g/mol. The smallest absolute Gasteiger partial charge is 0.302 e. The first-order valence-electron chi connectivity index (χ1n) is 7.52. The van der Waals surface area contributed by atoms with E-state index in [1.165, 1.54) is 18.7 Å². The van der Waals surface area contributed by atoms with Crippen molar-refractivity contribution in [3.63, 3.8) is 0 Å². The van der Waals surface area contributed by atoms with E-state index in [2.05, 4.69) is 15.0 Å². The summed E-state index contributed by atoms with van der Waals surface area (Å²) in [6.07, 6.45) is 2.92. The zero-order valence-electron chi connectivity index (χ0n) is 13.6. The third-order valence-corrected chi connectivity index (χ3v) is 5.44. The van der Waals surface area contributed by atoms with E-state index in [0.717, 1.165) is 4.90 Å². The van der Waals surface area contributed by atoms with Gasteiger partial charge in [0.1, 0.15) is 12.0 Å². The number of azide groups is 1. The Balaban J connectivity index is 2.18. The number of aromatic nitrogens is 1. The van der Waals surface area contributed by atoms with Crippen LogP contribution in [0.3, 0.4) is 0 Å². The monoisotopic (exact) mass is 370 g/mol. The van der Waals surface area contributed by atoms with Crippen LogP contribution < -0.4 is 0 Å². The molecule has 0 saturated carbocycles. The van der Waals surface area contributed by atoms with Crippen molar-refractivity contribution in [1.29, 1.82) is 0 Å². The van der Waals surface area contributed by atoms with Gasteiger partial charge in [0.05, 0.1) is 11.1 Å². The molecule has 0 aromatic carbocycles. The number of halogens is 1. The minimum atomic E-state index is -0.368. The van der Waals surface area contributed by atoms with Gasteiger partial charge in [-0.3, -0.25) is 9.78 Å². The molecule has 9 heteroatoms. The highest BCUT2D eigenvalue weighted by atomic mass is 35.5. The van der Waals surface area contributed by atoms with Crippen LogP contribution in [0, 0.1) is 11.8 Å². The highest BCUT2D eigenvalue weighted by Gasteiger charge is 2.41. The number of carbonyl (C=O) groups is 1. The van der Waals surface area contributed by atoms with E-state index in [-0.39, 0.29) is 42.0 Å². The molecule has 5 atom stereocenters. The van der Waals surface area contributed by atoms with Crippen LogP contribution in [-0.4, -0.2) is 35.1 Å². The molecular weight excluding hydrogens is 352 g/mol. The number of rotatable bonds is 5. The van der Waals surface area contributed by atoms with Gasteiger partial charge in [-0.25, -0.2) is 0 Å². The summed E-state index contributed by atoms with van der Waals surface area (Å²) in [6.45, 7) is 5.40. The Morgan fingerprint density at radius 3 is 2.88 bits per heavy atom. The van der Waals surface area contributed by atoms with Crippen molar-refractivity contribution in [2.24, 2.45) is 17.0 Å². The van der Waals surface area contributed by atoms with Crippen LogP contribution in [0.15, 0.2) is 28.5 Å². The molecule has 1 aromatic rings. The lowest BCUT2D eigenvalue weighted by Crippen LogP contribution is -2.48. The van der Waals surface area contributed by atoms with E-state index in [1.807, 2.05) is 13.8 Å². The van der Waals surface area contributed by atoms with Crippen LogP contribution in [0.2, 0.25) is 5.02 Å². The van der Waals surface area contributed by atoms with E-state index in [0.29, 0.717) is 5.02 Å². The Kier molecular flexibility index (Phi) is 6.74. The van der Waals surface area contributed by atoms with Crippen LogP contribution in [0.25, 0.3) is 10.4 Å². The van der Waals surface area contributed by atoms with Gasteiger partial charge in [0.2, 0.25) is 0 Å². The molecule has 0 N–H and O–H groups in total. The third kappa shape index (κ3) is 4.77. The Morgan fingerprint density at radius 1 is 1.50 bits per heavy atom. The van der Waals surface area contributed by atoms with E-state index < -0.39 is 0 Å². The van der Waals surface area contributed by atoms with Gasteiger partial charge in [-0.15, -0.1) is 0 Å². The molecule has 2 rings (SSSR count). The molecule has 2 unspecified atom stereocenters. The Morgan fingerprint density at radius 2 is 2.25 bits per heavy atom. The molecule has 2 heterocycles. The highest BCUT2D eigenvalue weighted by molar-refractivity contribution is 7.99. The van der Waals surface area contributed by atoms with Gasteiger partial charge in [0.25, 0.3) is 0 Å². The number of esters is 1. The number of thioether (sulfide) groups is 1. The van der Waals surface area contributed by atoms with Gasteiger partial charge >= 0.3 is 5.97 Å². The van der Waals surface area contributed by atoms with E-state index in [4.69, 9.17) is 26.6 Å². The first-order valence-corrected chi connectivity index (χ1v) is 8.78. The SMILES string of the molecule is CC(=O)OCC1O[C@H](Sc2cncc(Cl)c2)C(C)[C@@H](N=[N+]=[N-])[C@H]1C. The zero-order chi connectivity index (χ0) is 17.7. The summed E-state index contributed by atoms with van der Waals surface area (Å²) in [4.78, 5) is 19.0. The molecule has 7 nitrogen and oxygen atoms in total. The second-order valence-corrected chi connectivity index (χ2v) is 7.32. The Hall–Kier alpha value is -1.47. The summed E-state index contributed by atoms with van der Waals surface area (Å²) < 4.78 is 11.2. The van der Waals surface area contributed by atoms with Gasteiger partial charge < -0.3 is 9.47 Å². The second-order valence-electron chi connectivity index (χ2n) is 5.72. The fraction of sp³-hybridized carbons (Fsp3) is 0.600. The molecule has 0 bridgehead atoms. The maximum Gasteiger partial charge on any atom is 0.302 e. The van der Waals surface area contributed by atoms with Crippen molar-refractivity contribution < 1.29 is 14.3 Å². The molecule has 1 aromatic heterocycles. The minimum absolute atomic E-state index is 0.0199. The van der Waals surface area contributed by atoms with Crippen molar-refractivity contribution in [2.45, 2.75) is 43.2 Å². The second kappa shape index (κ2) is 8.58. The van der Waals surface area contributed by atoms with Gasteiger partial charge in [0.15, 0.2) is 0 Å². The summed E-state index contributed by atoms with van der Waals surface area (Å²) in [5, 5.41) is 4.48. The molecule has 1 aliphatic heterocycles. The lowest BCUT2D eigenvalue weighted by atomic mass is 9.85. The fourth-order valence-electron chi connectivity index (χ4n) is 2.67. The topological polar surface area (TPSA) is 97.2 Å². The molecule has 0 aliphatic carbocycles. The van der Waals surface area contributed by atoms with Crippen molar-refractivity contribution >= 4 is 29.3 Å². The summed E-state index contributed by atoms with van der Waals surface area (Å²) in [5.41, 5.74) is 8.60. The van der Waals surface area contributed by atoms with Gasteiger partial charge in [-0.2, -0.15) is 0 Å². The Labute approximate surface area is 149 Å². The number of nitrogens with zero attached hydrogens (tertiary/aromatic N) is 4. The van der Waals surface area contributed by atoms with Crippen LogP contribution in [0.5, 0.6) is 0 Å². The quantitative estimate of drug-likeness (QED) is 0.337.